The van der Waals surface area contributed by atoms with Gasteiger partial charge >= 0.3 is 0 Å². The lowest BCUT2D eigenvalue weighted by molar-refractivity contribution is -0.146. The summed E-state index contributed by atoms with van der Waals surface area (Å²) in [5.74, 6) is -0.124. The van der Waals surface area contributed by atoms with Crippen LogP contribution in [-0.2, 0) is 30.8 Å². The zero-order chi connectivity index (χ0) is 27.2. The topological polar surface area (TPSA) is 105 Å². The van der Waals surface area contributed by atoms with Gasteiger partial charge in [0.25, 0.3) is 0 Å². The first-order valence-corrected chi connectivity index (χ1v) is 14.7. The van der Waals surface area contributed by atoms with Crippen molar-refractivity contribution in [1.82, 2.24) is 9.62 Å². The monoisotopic (exact) mass is 550 g/mol. The molecular weight excluding hydrogens is 516 g/mol. The quantitative estimate of drug-likeness (QED) is 0.468. The normalized spacial score (nSPS) is 24.2. The number of benzene rings is 3. The Hall–Kier alpha value is -3.08. The molecule has 2 saturated heterocycles. The third kappa shape index (κ3) is 6.74. The minimum atomic E-state index is -3.85. The molecule has 2 heterocycles. The van der Waals surface area contributed by atoms with E-state index in [0.29, 0.717) is 19.4 Å². The predicted octanol–water partition coefficient (Wildman–Crippen LogP) is 3.36. The lowest BCUT2D eigenvalue weighted by atomic mass is 9.96. The average molecular weight is 551 g/mol. The number of rotatable bonds is 7. The highest BCUT2D eigenvalue weighted by molar-refractivity contribution is 7.89. The molecule has 3 aromatic carbocycles. The van der Waals surface area contributed by atoms with Gasteiger partial charge in [0.05, 0.1) is 48.9 Å². The Kier molecular flexibility index (Phi) is 8.74. The Labute approximate surface area is 229 Å². The number of carbonyl (C=O) groups is 1. The van der Waals surface area contributed by atoms with Gasteiger partial charge in [-0.1, -0.05) is 72.8 Å². The van der Waals surface area contributed by atoms with Gasteiger partial charge in [0, 0.05) is 13.1 Å². The summed E-state index contributed by atoms with van der Waals surface area (Å²) in [6.45, 7) is 0.503. The summed E-state index contributed by atoms with van der Waals surface area (Å²) in [6.07, 6.45) is -0.605. The summed E-state index contributed by atoms with van der Waals surface area (Å²) >= 11 is 0. The van der Waals surface area contributed by atoms with Crippen molar-refractivity contribution in [3.8, 4) is 11.1 Å². The lowest BCUT2D eigenvalue weighted by Gasteiger charge is -2.43. The van der Waals surface area contributed by atoms with Crippen LogP contribution >= 0.6 is 0 Å². The Balaban J connectivity index is 1.18. The van der Waals surface area contributed by atoms with Gasteiger partial charge < -0.3 is 19.9 Å². The van der Waals surface area contributed by atoms with E-state index in [1.54, 1.807) is 30.3 Å². The number of aliphatic hydroxyl groups is 1. The molecule has 0 radical (unpaired) electrons. The number of hydrogen-bond donors (Lipinski definition) is 2. The van der Waals surface area contributed by atoms with Crippen molar-refractivity contribution in [1.29, 1.82) is 0 Å². The molecular formula is C30H34N2O6S. The molecule has 5 rings (SSSR count). The van der Waals surface area contributed by atoms with E-state index in [9.17, 15) is 18.3 Å². The number of amides is 1. The Morgan fingerprint density at radius 1 is 0.897 bits per heavy atom. The summed E-state index contributed by atoms with van der Waals surface area (Å²) in [4.78, 5) is 12.9. The first kappa shape index (κ1) is 27.5. The smallest absolute Gasteiger partial charge is 0.243 e. The molecule has 39 heavy (non-hydrogen) atoms. The summed E-state index contributed by atoms with van der Waals surface area (Å²) in [5, 5.41) is 13.3. The second-order valence-electron chi connectivity index (χ2n) is 10.1. The summed E-state index contributed by atoms with van der Waals surface area (Å²) in [5.41, 5.74) is 3.26. The summed E-state index contributed by atoms with van der Waals surface area (Å²) in [6, 6.07) is 25.9. The second kappa shape index (κ2) is 12.4. The van der Waals surface area contributed by atoms with Gasteiger partial charge in [0.1, 0.15) is 0 Å². The van der Waals surface area contributed by atoms with Gasteiger partial charge in [0.15, 0.2) is 0 Å². The van der Waals surface area contributed by atoms with Gasteiger partial charge in [-0.2, -0.15) is 4.31 Å². The number of ether oxygens (including phenoxy) is 2. The van der Waals surface area contributed by atoms with Crippen LogP contribution in [0, 0.1) is 0 Å². The van der Waals surface area contributed by atoms with Crippen molar-refractivity contribution in [3.05, 3.63) is 90.5 Å². The molecule has 0 spiro atoms. The Morgan fingerprint density at radius 3 is 2.28 bits per heavy atom. The van der Waals surface area contributed by atoms with Crippen molar-refractivity contribution in [3.63, 3.8) is 0 Å². The largest absolute Gasteiger partial charge is 0.389 e. The molecule has 2 aliphatic rings. The molecule has 4 atom stereocenters. The zero-order valence-corrected chi connectivity index (χ0v) is 22.5. The maximum Gasteiger partial charge on any atom is 0.243 e. The fourth-order valence-electron chi connectivity index (χ4n) is 5.22. The third-order valence-electron chi connectivity index (χ3n) is 7.25. The number of nitrogens with one attached hydrogen (secondary N) is 1. The number of hydrogen-bond acceptors (Lipinski definition) is 6. The molecule has 3 aromatic rings. The van der Waals surface area contributed by atoms with Gasteiger partial charge in [-0.05, 0) is 41.7 Å². The number of carbonyl (C=O) groups excluding carboxylic acids is 1. The van der Waals surface area contributed by atoms with E-state index in [0.717, 1.165) is 16.7 Å². The van der Waals surface area contributed by atoms with E-state index in [4.69, 9.17) is 9.47 Å². The van der Waals surface area contributed by atoms with Crippen LogP contribution in [0.25, 0.3) is 11.1 Å². The SMILES string of the molecule is O=C(C[C@@H]1CC[C@@H]2[C@H](COC[C@H](O)CN2S(=O)(=O)c2ccccc2)O1)NCc1ccc(-c2ccccc2)cc1. The fraction of sp³-hybridized carbons (Fsp3) is 0.367. The first-order valence-electron chi connectivity index (χ1n) is 13.3. The molecule has 0 unspecified atom stereocenters. The Bertz CT molecular complexity index is 1330. The molecule has 0 saturated carbocycles. The number of sulfonamides is 1. The van der Waals surface area contributed by atoms with E-state index >= 15 is 0 Å². The van der Waals surface area contributed by atoms with Crippen LogP contribution in [0.2, 0.25) is 0 Å². The lowest BCUT2D eigenvalue weighted by Crippen LogP contribution is -2.57. The van der Waals surface area contributed by atoms with Crippen LogP contribution in [0.3, 0.4) is 0 Å². The molecule has 9 heteroatoms. The van der Waals surface area contributed by atoms with Gasteiger partial charge in [-0.25, -0.2) is 8.42 Å². The van der Waals surface area contributed by atoms with E-state index < -0.39 is 28.3 Å². The highest BCUT2D eigenvalue weighted by Gasteiger charge is 2.43. The number of aliphatic hydroxyl groups excluding tert-OH is 1. The van der Waals surface area contributed by atoms with Crippen molar-refractivity contribution >= 4 is 15.9 Å². The maximum atomic E-state index is 13.5. The Morgan fingerprint density at radius 2 is 1.56 bits per heavy atom. The number of β-amino-alcohol motifs (C(OH)–C–C–N with tert-alkyl or cyclic N) is 1. The van der Waals surface area contributed by atoms with Gasteiger partial charge in [-0.3, -0.25) is 4.79 Å². The number of nitrogens with zero attached hydrogens (tertiary/aromatic N) is 1. The van der Waals surface area contributed by atoms with Crippen molar-refractivity contribution < 1.29 is 27.8 Å². The van der Waals surface area contributed by atoms with Crippen LogP contribution in [0.15, 0.2) is 89.8 Å². The average Bonchev–Trinajstić information content (AvgIpc) is 2.95. The first-order chi connectivity index (χ1) is 18.9. The predicted molar refractivity (Wildman–Crippen MR) is 147 cm³/mol. The maximum absolute atomic E-state index is 13.5. The zero-order valence-electron chi connectivity index (χ0n) is 21.7. The minimum absolute atomic E-state index is 0.0155. The molecule has 0 aromatic heterocycles. The second-order valence-corrected chi connectivity index (χ2v) is 12.0. The highest BCUT2D eigenvalue weighted by Crippen LogP contribution is 2.31. The molecule has 2 aliphatic heterocycles. The van der Waals surface area contributed by atoms with Crippen molar-refractivity contribution in [2.75, 3.05) is 19.8 Å². The molecule has 1 amide bonds. The van der Waals surface area contributed by atoms with Crippen molar-refractivity contribution in [2.24, 2.45) is 0 Å². The van der Waals surface area contributed by atoms with Crippen LogP contribution in [0.1, 0.15) is 24.8 Å². The van der Waals surface area contributed by atoms with Crippen LogP contribution in [0.5, 0.6) is 0 Å². The van der Waals surface area contributed by atoms with Crippen LogP contribution in [0.4, 0.5) is 0 Å². The van der Waals surface area contributed by atoms with Crippen molar-refractivity contribution in [2.45, 2.75) is 55.1 Å². The molecule has 2 fully saturated rings. The molecule has 0 aliphatic carbocycles. The van der Waals surface area contributed by atoms with E-state index in [2.05, 4.69) is 17.4 Å². The highest BCUT2D eigenvalue weighted by atomic mass is 32.2. The van der Waals surface area contributed by atoms with E-state index in [-0.39, 0.29) is 43.1 Å². The summed E-state index contributed by atoms with van der Waals surface area (Å²) < 4.78 is 40.2. The molecule has 8 nitrogen and oxygen atoms in total. The van der Waals surface area contributed by atoms with Crippen LogP contribution < -0.4 is 5.32 Å². The number of fused-ring (bicyclic) bond motifs is 1. The van der Waals surface area contributed by atoms with Crippen LogP contribution in [-0.4, -0.2) is 67.8 Å². The van der Waals surface area contributed by atoms with E-state index in [1.165, 1.54) is 4.31 Å². The fourth-order valence-corrected chi connectivity index (χ4v) is 6.96. The standard InChI is InChI=1S/C30H34N2O6S/c33-25-19-32(39(35,36)27-9-5-2-6-10-27)28-16-15-26(38-29(28)21-37-20-25)17-30(34)31-18-22-11-13-24(14-12-22)23-7-3-1-4-8-23/h1-14,25-26,28-29,33H,15-21H2,(H,31,34)/t25-,26+,28-,29+/m1/s1. The minimum Gasteiger partial charge on any atom is -0.389 e. The molecule has 0 bridgehead atoms. The molecule has 206 valence electrons. The van der Waals surface area contributed by atoms with Gasteiger partial charge in [-0.15, -0.1) is 0 Å². The molecule has 2 N–H and O–H groups in total. The third-order valence-corrected chi connectivity index (χ3v) is 9.15. The van der Waals surface area contributed by atoms with E-state index in [1.807, 2.05) is 42.5 Å². The summed E-state index contributed by atoms with van der Waals surface area (Å²) in [7, 11) is -3.85. The van der Waals surface area contributed by atoms with Gasteiger partial charge in [0.2, 0.25) is 15.9 Å².